The Labute approximate surface area is 117 Å². The van der Waals surface area contributed by atoms with Crippen LogP contribution < -0.4 is 5.32 Å². The van der Waals surface area contributed by atoms with Crippen LogP contribution in [0.3, 0.4) is 0 Å². The Morgan fingerprint density at radius 1 is 1.39 bits per heavy atom. The zero-order valence-corrected chi connectivity index (χ0v) is 13.1. The minimum absolute atomic E-state index is 0.735. The Hall–Kier alpha value is 0.270. The molecule has 0 radical (unpaired) electrons. The summed E-state index contributed by atoms with van der Waals surface area (Å²) >= 11 is 2.15. The van der Waals surface area contributed by atoms with Crippen molar-refractivity contribution in [2.75, 3.05) is 31.1 Å². The van der Waals surface area contributed by atoms with Crippen LogP contribution in [0.15, 0.2) is 0 Å². The highest BCUT2D eigenvalue weighted by Crippen LogP contribution is 2.27. The molecule has 0 saturated carbocycles. The highest BCUT2D eigenvalue weighted by atomic mass is 32.2. The van der Waals surface area contributed by atoms with Gasteiger partial charge in [0.2, 0.25) is 0 Å². The van der Waals surface area contributed by atoms with Gasteiger partial charge in [0.15, 0.2) is 0 Å². The van der Waals surface area contributed by atoms with E-state index >= 15 is 0 Å². The number of hydrogen-bond donors (Lipinski definition) is 1. The molecule has 2 heterocycles. The molecule has 2 aliphatic heterocycles. The van der Waals surface area contributed by atoms with E-state index in [-0.39, 0.29) is 0 Å². The van der Waals surface area contributed by atoms with E-state index in [2.05, 4.69) is 42.7 Å². The zero-order valence-electron chi connectivity index (χ0n) is 12.3. The van der Waals surface area contributed by atoms with Crippen molar-refractivity contribution in [3.63, 3.8) is 0 Å². The summed E-state index contributed by atoms with van der Waals surface area (Å²) in [6.07, 6.45) is 4.08. The number of thioether (sulfide) groups is 1. The molecule has 2 saturated heterocycles. The highest BCUT2D eigenvalue weighted by molar-refractivity contribution is 7.99. The van der Waals surface area contributed by atoms with Gasteiger partial charge in [-0.25, -0.2) is 0 Å². The van der Waals surface area contributed by atoms with Gasteiger partial charge in [-0.2, -0.15) is 11.8 Å². The average Bonchev–Trinajstić information content (AvgIpc) is 2.82. The molecular formula is C15H30N2S. The van der Waals surface area contributed by atoms with Gasteiger partial charge in [-0.1, -0.05) is 27.2 Å². The third-order valence-corrected chi connectivity index (χ3v) is 5.69. The Morgan fingerprint density at radius 2 is 2.22 bits per heavy atom. The van der Waals surface area contributed by atoms with E-state index in [0.29, 0.717) is 0 Å². The van der Waals surface area contributed by atoms with Gasteiger partial charge in [0.05, 0.1) is 0 Å². The van der Waals surface area contributed by atoms with Crippen LogP contribution >= 0.6 is 11.8 Å². The maximum absolute atomic E-state index is 3.76. The molecular weight excluding hydrogens is 240 g/mol. The minimum Gasteiger partial charge on any atom is -0.311 e. The van der Waals surface area contributed by atoms with Crippen molar-refractivity contribution in [2.24, 2.45) is 11.8 Å². The van der Waals surface area contributed by atoms with Crippen molar-refractivity contribution in [2.45, 2.75) is 52.1 Å². The first kappa shape index (κ1) is 14.7. The summed E-state index contributed by atoms with van der Waals surface area (Å²) < 4.78 is 0. The second kappa shape index (κ2) is 7.16. The smallest absolute Gasteiger partial charge is 0.0244 e. The second-order valence-electron chi connectivity index (χ2n) is 6.39. The Morgan fingerprint density at radius 3 is 2.83 bits per heavy atom. The molecule has 2 aliphatic rings. The average molecular weight is 270 g/mol. The Bertz CT molecular complexity index is 239. The molecule has 0 aromatic carbocycles. The number of piperazine rings is 1. The van der Waals surface area contributed by atoms with E-state index in [1.54, 1.807) is 0 Å². The van der Waals surface area contributed by atoms with Crippen LogP contribution in [0.1, 0.15) is 40.0 Å². The first-order chi connectivity index (χ1) is 8.70. The molecule has 18 heavy (non-hydrogen) atoms. The number of nitrogens with zero attached hydrogens (tertiary/aromatic N) is 1. The predicted molar refractivity (Wildman–Crippen MR) is 82.3 cm³/mol. The second-order valence-corrected chi connectivity index (χ2v) is 7.54. The summed E-state index contributed by atoms with van der Waals surface area (Å²) in [7, 11) is 0. The molecule has 0 spiro atoms. The number of hydrogen-bond acceptors (Lipinski definition) is 3. The Balaban J connectivity index is 1.90. The van der Waals surface area contributed by atoms with E-state index in [9.17, 15) is 0 Å². The molecule has 2 fully saturated rings. The predicted octanol–water partition coefficient (Wildman–Crippen LogP) is 2.84. The quantitative estimate of drug-likeness (QED) is 0.827. The molecule has 0 aromatic rings. The van der Waals surface area contributed by atoms with Gasteiger partial charge in [-0.15, -0.1) is 0 Å². The standard InChI is InChI=1S/C15H30N2S/c1-4-5-14-10-17(9-13-6-7-18-11-13)15(8-16-14)12(2)3/h12-16H,4-11H2,1-3H3. The van der Waals surface area contributed by atoms with E-state index in [1.807, 2.05) is 0 Å². The van der Waals surface area contributed by atoms with Crippen LogP contribution in [0.5, 0.6) is 0 Å². The van der Waals surface area contributed by atoms with Crippen LogP contribution in [-0.2, 0) is 0 Å². The van der Waals surface area contributed by atoms with E-state index in [4.69, 9.17) is 0 Å². The summed E-state index contributed by atoms with van der Waals surface area (Å²) in [5, 5.41) is 3.76. The van der Waals surface area contributed by atoms with E-state index in [0.717, 1.165) is 23.9 Å². The number of rotatable bonds is 5. The van der Waals surface area contributed by atoms with Crippen LogP contribution in [0.2, 0.25) is 0 Å². The minimum atomic E-state index is 0.735. The molecule has 3 atom stereocenters. The summed E-state index contributed by atoms with van der Waals surface area (Å²) in [6, 6.07) is 1.49. The molecule has 3 heteroatoms. The van der Waals surface area contributed by atoms with Gasteiger partial charge in [0, 0.05) is 31.7 Å². The van der Waals surface area contributed by atoms with Crippen molar-refractivity contribution in [1.29, 1.82) is 0 Å². The summed E-state index contributed by atoms with van der Waals surface area (Å²) in [5.74, 6) is 4.51. The van der Waals surface area contributed by atoms with Crippen LogP contribution in [0, 0.1) is 11.8 Å². The van der Waals surface area contributed by atoms with Crippen molar-refractivity contribution in [1.82, 2.24) is 10.2 Å². The first-order valence-electron chi connectivity index (χ1n) is 7.75. The fourth-order valence-corrected chi connectivity index (χ4v) is 4.64. The molecule has 0 aliphatic carbocycles. The van der Waals surface area contributed by atoms with Crippen LogP contribution in [0.25, 0.3) is 0 Å². The third-order valence-electron chi connectivity index (χ3n) is 4.46. The lowest BCUT2D eigenvalue weighted by molar-refractivity contribution is 0.0826. The van der Waals surface area contributed by atoms with Gasteiger partial charge in [0.25, 0.3) is 0 Å². The molecule has 3 unspecified atom stereocenters. The van der Waals surface area contributed by atoms with Gasteiger partial charge in [0.1, 0.15) is 0 Å². The molecule has 2 rings (SSSR count). The molecule has 0 aromatic heterocycles. The topological polar surface area (TPSA) is 15.3 Å². The fraction of sp³-hybridized carbons (Fsp3) is 1.00. The van der Waals surface area contributed by atoms with Crippen LogP contribution in [-0.4, -0.2) is 48.1 Å². The maximum atomic E-state index is 3.76. The fourth-order valence-electron chi connectivity index (χ4n) is 3.37. The summed E-state index contributed by atoms with van der Waals surface area (Å²) in [5.41, 5.74) is 0. The normalized spacial score (nSPS) is 34.3. The van der Waals surface area contributed by atoms with Crippen molar-refractivity contribution in [3.8, 4) is 0 Å². The van der Waals surface area contributed by atoms with Gasteiger partial charge in [-0.3, -0.25) is 4.90 Å². The van der Waals surface area contributed by atoms with E-state index in [1.165, 1.54) is 50.4 Å². The van der Waals surface area contributed by atoms with Gasteiger partial charge in [-0.05, 0) is 36.2 Å². The zero-order chi connectivity index (χ0) is 13.0. The lowest BCUT2D eigenvalue weighted by Gasteiger charge is -2.43. The molecule has 1 N–H and O–H groups in total. The lowest BCUT2D eigenvalue weighted by atomic mass is 9.95. The SMILES string of the molecule is CCCC1CN(CC2CCSC2)C(C(C)C)CN1. The largest absolute Gasteiger partial charge is 0.311 e. The van der Waals surface area contributed by atoms with Crippen LogP contribution in [0.4, 0.5) is 0 Å². The lowest BCUT2D eigenvalue weighted by Crippen LogP contribution is -2.59. The maximum Gasteiger partial charge on any atom is 0.0244 e. The van der Waals surface area contributed by atoms with Crippen molar-refractivity contribution < 1.29 is 0 Å². The van der Waals surface area contributed by atoms with Crippen molar-refractivity contribution in [3.05, 3.63) is 0 Å². The molecule has 2 nitrogen and oxygen atoms in total. The molecule has 0 amide bonds. The van der Waals surface area contributed by atoms with Gasteiger partial charge >= 0.3 is 0 Å². The highest BCUT2D eigenvalue weighted by Gasteiger charge is 2.31. The monoisotopic (exact) mass is 270 g/mol. The first-order valence-corrected chi connectivity index (χ1v) is 8.91. The molecule has 106 valence electrons. The van der Waals surface area contributed by atoms with Gasteiger partial charge < -0.3 is 5.32 Å². The van der Waals surface area contributed by atoms with E-state index < -0.39 is 0 Å². The third kappa shape index (κ3) is 3.88. The number of nitrogens with one attached hydrogen (secondary N) is 1. The summed E-state index contributed by atoms with van der Waals surface area (Å²) in [6.45, 7) is 10.9. The Kier molecular flexibility index (Phi) is 5.84. The molecule has 0 bridgehead atoms. The van der Waals surface area contributed by atoms with Crippen molar-refractivity contribution >= 4 is 11.8 Å². The summed E-state index contributed by atoms with van der Waals surface area (Å²) in [4.78, 5) is 2.80.